The maximum Gasteiger partial charge on any atom is 0.379 e. The molecule has 1 amide bonds. The normalized spacial score (nSPS) is 14.0. The van der Waals surface area contributed by atoms with Gasteiger partial charge in [0.25, 0.3) is 11.6 Å². The van der Waals surface area contributed by atoms with E-state index in [9.17, 15) is 19.7 Å². The Balaban J connectivity index is 1.56. The number of carbonyl (C=O) groups is 2. The van der Waals surface area contributed by atoms with E-state index >= 15 is 0 Å². The molecule has 0 unspecified atom stereocenters. The van der Waals surface area contributed by atoms with Crippen LogP contribution in [0.25, 0.3) is 0 Å². The molecule has 0 atom stereocenters. The standard InChI is InChI=1S/C27H27N3O6/c1-15(2)20-13-8-16(3)14-23(20)36-27(32)25-17(4)24-21(6-5-7-22(24)35-25)28-29-26(31)18-9-11-19(12-10-18)30(33)34/h8-15H,5-7H2,1-4H3,(H,29,31)/b28-21+. The van der Waals surface area contributed by atoms with Crippen molar-refractivity contribution >= 4 is 23.3 Å². The number of rotatable bonds is 6. The SMILES string of the molecule is Cc1ccc(C(C)C)c(OC(=O)c2oc3c(c2C)/C(=N/NC(=O)c2ccc([N+](=O)[O-])cc2)CCC3)c1. The molecule has 186 valence electrons. The molecule has 0 spiro atoms. The first-order chi connectivity index (χ1) is 17.2. The van der Waals surface area contributed by atoms with Gasteiger partial charge in [-0.15, -0.1) is 0 Å². The first-order valence-electron chi connectivity index (χ1n) is 11.7. The van der Waals surface area contributed by atoms with Crippen LogP contribution in [0.3, 0.4) is 0 Å². The maximum absolute atomic E-state index is 13.1. The molecule has 1 aliphatic rings. The number of hydrogen-bond donors (Lipinski definition) is 1. The number of non-ortho nitro benzene ring substituents is 1. The van der Waals surface area contributed by atoms with Gasteiger partial charge < -0.3 is 9.15 Å². The number of aryl methyl sites for hydroxylation is 2. The predicted octanol–water partition coefficient (Wildman–Crippen LogP) is 5.62. The fourth-order valence-electron chi connectivity index (χ4n) is 4.25. The largest absolute Gasteiger partial charge is 0.453 e. The first kappa shape index (κ1) is 24.8. The number of ether oxygens (including phenoxy) is 1. The van der Waals surface area contributed by atoms with Crippen LogP contribution in [0.4, 0.5) is 5.69 Å². The Kier molecular flexibility index (Phi) is 7.00. The first-order valence-corrected chi connectivity index (χ1v) is 11.7. The summed E-state index contributed by atoms with van der Waals surface area (Å²) >= 11 is 0. The molecule has 1 heterocycles. The van der Waals surface area contributed by atoms with Crippen molar-refractivity contribution in [1.82, 2.24) is 5.43 Å². The van der Waals surface area contributed by atoms with Gasteiger partial charge in [0.15, 0.2) is 0 Å². The number of nitrogens with one attached hydrogen (secondary N) is 1. The number of benzene rings is 2. The van der Waals surface area contributed by atoms with Crippen LogP contribution in [-0.2, 0) is 6.42 Å². The Bertz CT molecular complexity index is 1370. The van der Waals surface area contributed by atoms with Crippen molar-refractivity contribution in [1.29, 1.82) is 0 Å². The number of furan rings is 1. The average molecular weight is 490 g/mol. The van der Waals surface area contributed by atoms with Gasteiger partial charge in [0.2, 0.25) is 5.76 Å². The van der Waals surface area contributed by atoms with E-state index in [0.717, 1.165) is 17.5 Å². The Hall–Kier alpha value is -4.27. The van der Waals surface area contributed by atoms with Crippen molar-refractivity contribution in [2.45, 2.75) is 52.9 Å². The highest BCUT2D eigenvalue weighted by Gasteiger charge is 2.29. The third-order valence-electron chi connectivity index (χ3n) is 6.14. The van der Waals surface area contributed by atoms with Crippen LogP contribution in [0.2, 0.25) is 0 Å². The highest BCUT2D eigenvalue weighted by atomic mass is 16.6. The molecule has 0 bridgehead atoms. The van der Waals surface area contributed by atoms with E-state index in [0.29, 0.717) is 41.2 Å². The topological polar surface area (TPSA) is 124 Å². The van der Waals surface area contributed by atoms with Crippen molar-refractivity contribution in [2.75, 3.05) is 0 Å². The number of esters is 1. The molecule has 0 saturated heterocycles. The van der Waals surface area contributed by atoms with Gasteiger partial charge in [0.1, 0.15) is 11.5 Å². The minimum atomic E-state index is -0.580. The number of amides is 1. The molecule has 9 heteroatoms. The van der Waals surface area contributed by atoms with Crippen molar-refractivity contribution < 1.29 is 23.7 Å². The van der Waals surface area contributed by atoms with Crippen LogP contribution < -0.4 is 10.2 Å². The third kappa shape index (κ3) is 5.05. The fourth-order valence-corrected chi connectivity index (χ4v) is 4.25. The molecule has 1 aromatic heterocycles. The number of nitro groups is 1. The number of carbonyl (C=O) groups excluding carboxylic acids is 2. The van der Waals surface area contributed by atoms with Crippen molar-refractivity contribution in [3.63, 3.8) is 0 Å². The molecule has 0 saturated carbocycles. The Morgan fingerprint density at radius 3 is 2.50 bits per heavy atom. The summed E-state index contributed by atoms with van der Waals surface area (Å²) in [6.07, 6.45) is 1.98. The number of fused-ring (bicyclic) bond motifs is 1. The van der Waals surface area contributed by atoms with Gasteiger partial charge in [-0.25, -0.2) is 10.2 Å². The van der Waals surface area contributed by atoms with Gasteiger partial charge in [-0.05, 0) is 61.9 Å². The van der Waals surface area contributed by atoms with Gasteiger partial charge in [-0.2, -0.15) is 5.10 Å². The monoisotopic (exact) mass is 489 g/mol. The fraction of sp³-hybridized carbons (Fsp3) is 0.296. The maximum atomic E-state index is 13.1. The van der Waals surface area contributed by atoms with Crippen LogP contribution in [0.5, 0.6) is 5.75 Å². The quantitative estimate of drug-likeness (QED) is 0.207. The molecule has 3 aromatic rings. The molecule has 2 aromatic carbocycles. The summed E-state index contributed by atoms with van der Waals surface area (Å²) in [5, 5.41) is 15.1. The van der Waals surface area contributed by atoms with Crippen LogP contribution in [0, 0.1) is 24.0 Å². The molecule has 1 N–H and O–H groups in total. The lowest BCUT2D eigenvalue weighted by Crippen LogP contribution is -2.22. The zero-order valence-corrected chi connectivity index (χ0v) is 20.6. The highest BCUT2D eigenvalue weighted by Crippen LogP contribution is 2.32. The molecule has 0 fully saturated rings. The summed E-state index contributed by atoms with van der Waals surface area (Å²) in [5.41, 5.74) is 6.47. The van der Waals surface area contributed by atoms with E-state index in [1.807, 2.05) is 39.0 Å². The summed E-state index contributed by atoms with van der Waals surface area (Å²) in [4.78, 5) is 35.9. The van der Waals surface area contributed by atoms with E-state index in [1.54, 1.807) is 6.92 Å². The minimum Gasteiger partial charge on any atom is -0.453 e. The average Bonchev–Trinajstić information content (AvgIpc) is 3.19. The molecular weight excluding hydrogens is 462 g/mol. The lowest BCUT2D eigenvalue weighted by molar-refractivity contribution is -0.384. The van der Waals surface area contributed by atoms with Gasteiger partial charge in [-0.1, -0.05) is 26.0 Å². The van der Waals surface area contributed by atoms with Gasteiger partial charge in [0.05, 0.1) is 10.6 Å². The van der Waals surface area contributed by atoms with E-state index in [2.05, 4.69) is 10.5 Å². The molecule has 36 heavy (non-hydrogen) atoms. The van der Waals surface area contributed by atoms with Crippen LogP contribution in [-0.4, -0.2) is 22.5 Å². The van der Waals surface area contributed by atoms with Crippen molar-refractivity contribution in [3.05, 3.63) is 91.9 Å². The van der Waals surface area contributed by atoms with E-state index < -0.39 is 16.8 Å². The smallest absolute Gasteiger partial charge is 0.379 e. The summed E-state index contributed by atoms with van der Waals surface area (Å²) in [6, 6.07) is 11.0. The lowest BCUT2D eigenvalue weighted by atomic mass is 9.93. The third-order valence-corrected chi connectivity index (χ3v) is 6.14. The van der Waals surface area contributed by atoms with Gasteiger partial charge >= 0.3 is 5.97 Å². The number of nitrogens with zero attached hydrogens (tertiary/aromatic N) is 2. The van der Waals surface area contributed by atoms with Crippen molar-refractivity contribution in [2.24, 2.45) is 5.10 Å². The second kappa shape index (κ2) is 10.2. The van der Waals surface area contributed by atoms with Gasteiger partial charge in [-0.3, -0.25) is 14.9 Å². The second-order valence-corrected chi connectivity index (χ2v) is 9.10. The Labute approximate surface area is 208 Å². The molecule has 0 aliphatic heterocycles. The molecule has 9 nitrogen and oxygen atoms in total. The molecule has 1 aliphatic carbocycles. The van der Waals surface area contributed by atoms with Crippen molar-refractivity contribution in [3.8, 4) is 5.75 Å². The Morgan fingerprint density at radius 2 is 1.83 bits per heavy atom. The zero-order chi connectivity index (χ0) is 26.0. The molecule has 0 radical (unpaired) electrons. The van der Waals surface area contributed by atoms with E-state index in [4.69, 9.17) is 9.15 Å². The number of nitro benzene ring substituents is 1. The van der Waals surface area contributed by atoms with Crippen LogP contribution in [0.15, 0.2) is 52.0 Å². The molecular formula is C27H27N3O6. The summed E-state index contributed by atoms with van der Waals surface area (Å²) < 4.78 is 11.7. The summed E-state index contributed by atoms with van der Waals surface area (Å²) in [7, 11) is 0. The summed E-state index contributed by atoms with van der Waals surface area (Å²) in [5.74, 6) is 0.356. The van der Waals surface area contributed by atoms with Crippen LogP contribution in [0.1, 0.15) is 81.5 Å². The highest BCUT2D eigenvalue weighted by molar-refractivity contribution is 6.06. The van der Waals surface area contributed by atoms with Gasteiger partial charge in [0, 0.05) is 35.2 Å². The van der Waals surface area contributed by atoms with E-state index in [-0.39, 0.29) is 22.9 Å². The number of hydrogen-bond acceptors (Lipinski definition) is 7. The number of hydrazone groups is 1. The molecule has 4 rings (SSSR count). The second-order valence-electron chi connectivity index (χ2n) is 9.10. The van der Waals surface area contributed by atoms with Crippen LogP contribution >= 0.6 is 0 Å². The summed E-state index contributed by atoms with van der Waals surface area (Å²) in [6.45, 7) is 7.78. The lowest BCUT2D eigenvalue weighted by Gasteiger charge is -2.13. The van der Waals surface area contributed by atoms with E-state index in [1.165, 1.54) is 24.3 Å². The zero-order valence-electron chi connectivity index (χ0n) is 20.6. The predicted molar refractivity (Wildman–Crippen MR) is 134 cm³/mol. The Morgan fingerprint density at radius 1 is 1.11 bits per heavy atom. The minimum absolute atomic E-state index is 0.102.